The van der Waals surface area contributed by atoms with Gasteiger partial charge in [-0.1, -0.05) is 42.1 Å². The lowest BCUT2D eigenvalue weighted by Gasteiger charge is -1.96. The van der Waals surface area contributed by atoms with Gasteiger partial charge < -0.3 is 0 Å². The summed E-state index contributed by atoms with van der Waals surface area (Å²) in [5.74, 6) is 1.19. The normalized spacial score (nSPS) is 9.75. The molecule has 0 saturated heterocycles. The van der Waals surface area contributed by atoms with Gasteiger partial charge in [-0.25, -0.2) is 0 Å². The summed E-state index contributed by atoms with van der Waals surface area (Å²) in [7, 11) is 0. The SMILES string of the molecule is O=C(SCCCl)c1ccccc1. The van der Waals surface area contributed by atoms with Crippen LogP contribution in [-0.2, 0) is 0 Å². The zero-order chi connectivity index (χ0) is 8.81. The van der Waals surface area contributed by atoms with Crippen molar-refractivity contribution in [2.45, 2.75) is 0 Å². The number of hydrogen-bond acceptors (Lipinski definition) is 2. The Morgan fingerprint density at radius 1 is 1.33 bits per heavy atom. The lowest BCUT2D eigenvalue weighted by Crippen LogP contribution is -1.94. The van der Waals surface area contributed by atoms with Crippen molar-refractivity contribution >= 4 is 28.5 Å². The van der Waals surface area contributed by atoms with E-state index in [1.165, 1.54) is 11.8 Å². The zero-order valence-electron chi connectivity index (χ0n) is 6.50. The Kier molecular flexibility index (Phi) is 4.19. The Balaban J connectivity index is 2.54. The fourth-order valence-electron chi connectivity index (χ4n) is 0.789. The molecule has 1 aromatic carbocycles. The average molecular weight is 201 g/mol. The number of halogens is 1. The monoisotopic (exact) mass is 200 g/mol. The Labute approximate surface area is 81.1 Å². The number of benzene rings is 1. The van der Waals surface area contributed by atoms with Crippen LogP contribution in [0.3, 0.4) is 0 Å². The van der Waals surface area contributed by atoms with Gasteiger partial charge in [0.05, 0.1) is 0 Å². The van der Waals surface area contributed by atoms with Crippen LogP contribution < -0.4 is 0 Å². The highest BCUT2D eigenvalue weighted by Crippen LogP contribution is 2.11. The van der Waals surface area contributed by atoms with E-state index in [-0.39, 0.29) is 5.12 Å². The number of alkyl halides is 1. The van der Waals surface area contributed by atoms with E-state index in [2.05, 4.69) is 0 Å². The maximum atomic E-state index is 11.3. The molecule has 0 saturated carbocycles. The molecular weight excluding hydrogens is 192 g/mol. The lowest BCUT2D eigenvalue weighted by atomic mass is 10.2. The van der Waals surface area contributed by atoms with Crippen LogP contribution in [-0.4, -0.2) is 16.7 Å². The van der Waals surface area contributed by atoms with Crippen LogP contribution in [0.2, 0.25) is 0 Å². The molecule has 1 aromatic rings. The summed E-state index contributed by atoms with van der Waals surface area (Å²) in [6.45, 7) is 0. The standard InChI is InChI=1S/C9H9ClOS/c10-6-7-12-9(11)8-4-2-1-3-5-8/h1-5H,6-7H2. The summed E-state index contributed by atoms with van der Waals surface area (Å²) in [6.07, 6.45) is 0. The minimum absolute atomic E-state index is 0.0938. The molecule has 0 radical (unpaired) electrons. The van der Waals surface area contributed by atoms with Crippen LogP contribution in [0.5, 0.6) is 0 Å². The van der Waals surface area contributed by atoms with Crippen molar-refractivity contribution in [1.29, 1.82) is 0 Å². The topological polar surface area (TPSA) is 17.1 Å². The van der Waals surface area contributed by atoms with Crippen LogP contribution in [0.1, 0.15) is 10.4 Å². The van der Waals surface area contributed by atoms with Crippen LogP contribution in [0.25, 0.3) is 0 Å². The highest BCUT2D eigenvalue weighted by molar-refractivity contribution is 8.14. The number of thioether (sulfide) groups is 1. The third-order valence-corrected chi connectivity index (χ3v) is 2.64. The molecule has 0 aliphatic heterocycles. The van der Waals surface area contributed by atoms with E-state index in [1.54, 1.807) is 0 Å². The molecule has 0 aliphatic carbocycles. The molecule has 0 amide bonds. The van der Waals surface area contributed by atoms with E-state index in [9.17, 15) is 4.79 Å². The second-order valence-corrected chi connectivity index (χ2v) is 3.64. The van der Waals surface area contributed by atoms with Crippen molar-refractivity contribution < 1.29 is 4.79 Å². The summed E-state index contributed by atoms with van der Waals surface area (Å²) >= 11 is 6.72. The molecule has 1 nitrogen and oxygen atoms in total. The first-order valence-electron chi connectivity index (χ1n) is 3.62. The first-order chi connectivity index (χ1) is 5.84. The van der Waals surface area contributed by atoms with Gasteiger partial charge in [-0.15, -0.1) is 11.6 Å². The quantitative estimate of drug-likeness (QED) is 0.698. The van der Waals surface area contributed by atoms with E-state index in [1.807, 2.05) is 30.3 Å². The van der Waals surface area contributed by atoms with Gasteiger partial charge in [0, 0.05) is 17.2 Å². The van der Waals surface area contributed by atoms with Gasteiger partial charge in [0.1, 0.15) is 0 Å². The van der Waals surface area contributed by atoms with Gasteiger partial charge in [0.15, 0.2) is 0 Å². The summed E-state index contributed by atoms with van der Waals surface area (Å²) in [4.78, 5) is 11.3. The second kappa shape index (κ2) is 5.22. The summed E-state index contributed by atoms with van der Waals surface area (Å²) < 4.78 is 0. The van der Waals surface area contributed by atoms with Crippen molar-refractivity contribution in [1.82, 2.24) is 0 Å². The van der Waals surface area contributed by atoms with Crippen LogP contribution in [0.15, 0.2) is 30.3 Å². The van der Waals surface area contributed by atoms with E-state index in [4.69, 9.17) is 11.6 Å². The van der Waals surface area contributed by atoms with Crippen molar-refractivity contribution in [3.63, 3.8) is 0 Å². The Morgan fingerprint density at radius 3 is 2.58 bits per heavy atom. The van der Waals surface area contributed by atoms with E-state index >= 15 is 0 Å². The molecule has 3 heteroatoms. The van der Waals surface area contributed by atoms with Gasteiger partial charge in [-0.05, 0) is 0 Å². The lowest BCUT2D eigenvalue weighted by molar-refractivity contribution is 0.108. The highest BCUT2D eigenvalue weighted by Gasteiger charge is 2.03. The third kappa shape index (κ3) is 2.88. The maximum Gasteiger partial charge on any atom is 0.219 e. The van der Waals surface area contributed by atoms with Gasteiger partial charge in [-0.3, -0.25) is 4.79 Å². The number of carbonyl (C=O) groups excluding carboxylic acids is 1. The van der Waals surface area contributed by atoms with Gasteiger partial charge in [-0.2, -0.15) is 0 Å². The Bertz CT molecular complexity index is 248. The number of rotatable bonds is 3. The third-order valence-electron chi connectivity index (χ3n) is 1.32. The van der Waals surface area contributed by atoms with Crippen molar-refractivity contribution in [2.75, 3.05) is 11.6 Å². The van der Waals surface area contributed by atoms with Crippen molar-refractivity contribution in [3.8, 4) is 0 Å². The molecular formula is C9H9ClOS. The first-order valence-corrected chi connectivity index (χ1v) is 5.14. The predicted molar refractivity (Wildman–Crippen MR) is 54.0 cm³/mol. The summed E-state index contributed by atoms with van der Waals surface area (Å²) in [5, 5.41) is 0.0938. The van der Waals surface area contributed by atoms with Crippen molar-refractivity contribution in [3.05, 3.63) is 35.9 Å². The van der Waals surface area contributed by atoms with Crippen LogP contribution in [0.4, 0.5) is 0 Å². The van der Waals surface area contributed by atoms with Crippen LogP contribution >= 0.6 is 23.4 Å². The molecule has 12 heavy (non-hydrogen) atoms. The van der Waals surface area contributed by atoms with Gasteiger partial charge >= 0.3 is 0 Å². The highest BCUT2D eigenvalue weighted by atomic mass is 35.5. The summed E-state index contributed by atoms with van der Waals surface area (Å²) in [6, 6.07) is 9.22. The fraction of sp³-hybridized carbons (Fsp3) is 0.222. The van der Waals surface area contributed by atoms with Crippen molar-refractivity contribution in [2.24, 2.45) is 0 Å². The second-order valence-electron chi connectivity index (χ2n) is 2.19. The molecule has 0 bridgehead atoms. The average Bonchev–Trinajstić information content (AvgIpc) is 2.15. The Hall–Kier alpha value is -0.470. The Morgan fingerprint density at radius 2 is 2.00 bits per heavy atom. The molecule has 0 fully saturated rings. The largest absolute Gasteiger partial charge is 0.282 e. The zero-order valence-corrected chi connectivity index (χ0v) is 8.07. The molecule has 0 heterocycles. The minimum atomic E-state index is 0.0938. The fourth-order valence-corrected chi connectivity index (χ4v) is 1.59. The van der Waals surface area contributed by atoms with E-state index in [0.29, 0.717) is 11.6 Å². The van der Waals surface area contributed by atoms with E-state index < -0.39 is 0 Å². The molecule has 0 spiro atoms. The maximum absolute atomic E-state index is 11.3. The molecule has 0 N–H and O–H groups in total. The molecule has 0 unspecified atom stereocenters. The van der Waals surface area contributed by atoms with Gasteiger partial charge in [0.2, 0.25) is 5.12 Å². The van der Waals surface area contributed by atoms with Crippen LogP contribution in [0, 0.1) is 0 Å². The van der Waals surface area contributed by atoms with E-state index in [0.717, 1.165) is 5.56 Å². The molecule has 0 atom stereocenters. The number of hydrogen-bond donors (Lipinski definition) is 0. The number of carbonyl (C=O) groups is 1. The molecule has 64 valence electrons. The summed E-state index contributed by atoms with van der Waals surface area (Å²) in [5.41, 5.74) is 0.743. The molecule has 0 aliphatic rings. The smallest absolute Gasteiger partial charge is 0.219 e. The molecule has 0 aromatic heterocycles. The minimum Gasteiger partial charge on any atom is -0.282 e. The first kappa shape index (κ1) is 9.62. The molecule has 1 rings (SSSR count). The predicted octanol–water partition coefficient (Wildman–Crippen LogP) is 2.80. The van der Waals surface area contributed by atoms with Gasteiger partial charge in [0.25, 0.3) is 0 Å².